The Hall–Kier alpha value is -3.00. The van der Waals surface area contributed by atoms with Gasteiger partial charge in [-0.25, -0.2) is 0 Å². The van der Waals surface area contributed by atoms with Crippen LogP contribution in [0.25, 0.3) is 0 Å². The second-order valence-electron chi connectivity index (χ2n) is 17.0. The molecule has 0 heterocycles. The molecule has 354 valence electrons. The van der Waals surface area contributed by atoms with Gasteiger partial charge in [-0.15, -0.1) is 0 Å². The third-order valence-electron chi connectivity index (χ3n) is 10.2. The molecule has 1 aliphatic rings. The van der Waals surface area contributed by atoms with Crippen molar-refractivity contribution in [1.29, 1.82) is 0 Å². The average molecular weight is 894 g/mol. The van der Waals surface area contributed by atoms with Gasteiger partial charge in [0, 0.05) is 43.9 Å². The third kappa shape index (κ3) is 30.9. The van der Waals surface area contributed by atoms with E-state index in [1.807, 2.05) is 33.3 Å². The molecule has 62 heavy (non-hydrogen) atoms. The quantitative estimate of drug-likeness (QED) is 0.0181. The Kier molecular flexibility index (Phi) is 31.6. The maximum Gasteiger partial charge on any atom is 0.306 e. The number of ether oxygens (including phenoxy) is 2. The number of carbonyl (C=O) groups excluding carboxylic acids is 3. The van der Waals surface area contributed by atoms with Crippen molar-refractivity contribution in [3.8, 4) is 0 Å². The number of aliphatic hydroxyl groups excluding tert-OH is 3. The zero-order valence-corrected chi connectivity index (χ0v) is 39.3. The Balaban J connectivity index is 2.56. The van der Waals surface area contributed by atoms with E-state index in [-0.39, 0.29) is 44.5 Å². The number of hydrogen-bond acceptors (Lipinski definition) is 12. The fourth-order valence-corrected chi connectivity index (χ4v) is 7.30. The minimum Gasteiger partial charge on any atom is -0.756 e. The van der Waals surface area contributed by atoms with Crippen LogP contribution in [0.5, 0.6) is 0 Å². The molecule has 0 aromatic carbocycles. The third-order valence-corrected chi connectivity index (χ3v) is 11.2. The molecule has 3 N–H and O–H groups in total. The summed E-state index contributed by atoms with van der Waals surface area (Å²) in [6.07, 6.45) is 31.4. The molecule has 1 aliphatic carbocycles. The van der Waals surface area contributed by atoms with Gasteiger partial charge in [-0.2, -0.15) is 0 Å². The topological polar surface area (TPSA) is 189 Å². The number of quaternary nitrogens is 1. The maximum atomic E-state index is 12.9. The highest BCUT2D eigenvalue weighted by Crippen LogP contribution is 2.39. The number of rotatable bonds is 36. The van der Waals surface area contributed by atoms with E-state index in [4.69, 9.17) is 18.5 Å². The number of carbonyl (C=O) groups is 3. The molecule has 0 spiro atoms. The van der Waals surface area contributed by atoms with Gasteiger partial charge in [-0.3, -0.25) is 18.9 Å². The number of Topliss-reactive ketones (excluding diaryl/α,β-unsaturated/α-hetero) is 1. The van der Waals surface area contributed by atoms with Gasteiger partial charge in [0.1, 0.15) is 25.5 Å². The van der Waals surface area contributed by atoms with Crippen molar-refractivity contribution in [2.45, 2.75) is 154 Å². The predicted molar refractivity (Wildman–Crippen MR) is 243 cm³/mol. The molecule has 0 amide bonds. The van der Waals surface area contributed by atoms with Crippen molar-refractivity contribution in [2.24, 2.45) is 11.8 Å². The Morgan fingerprint density at radius 2 is 1.35 bits per heavy atom. The van der Waals surface area contributed by atoms with Crippen molar-refractivity contribution >= 4 is 25.5 Å². The predicted octanol–water partition coefficient (Wildman–Crippen LogP) is 7.95. The fourth-order valence-electron chi connectivity index (χ4n) is 6.57. The Morgan fingerprint density at radius 3 is 1.97 bits per heavy atom. The summed E-state index contributed by atoms with van der Waals surface area (Å²) in [7, 11) is 0.893. The minimum absolute atomic E-state index is 0.0583. The van der Waals surface area contributed by atoms with Crippen LogP contribution in [0.4, 0.5) is 0 Å². The zero-order chi connectivity index (χ0) is 46.1. The first-order chi connectivity index (χ1) is 29.6. The van der Waals surface area contributed by atoms with E-state index >= 15 is 0 Å². The van der Waals surface area contributed by atoms with Crippen LogP contribution in [0.1, 0.15) is 129 Å². The lowest BCUT2D eigenvalue weighted by Gasteiger charge is -2.28. The second-order valence-corrected chi connectivity index (χ2v) is 18.4. The number of nitrogens with zero attached hydrogens (tertiary/aromatic N) is 1. The number of likely N-dealkylation sites (N-methyl/N-ethyl adjacent to an activating group) is 1. The van der Waals surface area contributed by atoms with E-state index in [0.29, 0.717) is 43.1 Å². The smallest absolute Gasteiger partial charge is 0.306 e. The number of ketones is 1. The molecule has 14 heteroatoms. The molecule has 0 aromatic heterocycles. The van der Waals surface area contributed by atoms with Crippen LogP contribution in [0, 0.1) is 11.8 Å². The van der Waals surface area contributed by atoms with Crippen LogP contribution in [-0.2, 0) is 37.5 Å². The largest absolute Gasteiger partial charge is 0.756 e. The van der Waals surface area contributed by atoms with Gasteiger partial charge < -0.3 is 43.2 Å². The number of hydrogen-bond donors (Lipinski definition) is 3. The minimum atomic E-state index is -4.75. The SMILES string of the molecule is CC/C=C\C/C=C\C/C=C\C/C=C\C/C=C\CCCC(=O)OC[C@H](COP(=O)([O-])OCC[N+](C)(C)C)OC(=O)CCCCC(=O)C[C@@H]1[C@@H](/C=C/[C@@H](O)CCCCC)[C@H](O)C[C@@H]1O. The molecule has 1 unspecified atom stereocenters. The summed E-state index contributed by atoms with van der Waals surface area (Å²) in [6.45, 7) is 3.48. The van der Waals surface area contributed by atoms with Crippen molar-refractivity contribution in [3.05, 3.63) is 72.9 Å². The van der Waals surface area contributed by atoms with Gasteiger partial charge in [-0.1, -0.05) is 106 Å². The van der Waals surface area contributed by atoms with Crippen LogP contribution < -0.4 is 4.89 Å². The maximum absolute atomic E-state index is 12.9. The van der Waals surface area contributed by atoms with E-state index in [9.17, 15) is 39.2 Å². The van der Waals surface area contributed by atoms with Gasteiger partial charge >= 0.3 is 11.9 Å². The van der Waals surface area contributed by atoms with Gasteiger partial charge in [0.15, 0.2) is 6.10 Å². The van der Waals surface area contributed by atoms with Gasteiger partial charge in [-0.05, 0) is 64.2 Å². The Labute approximate surface area is 372 Å². The number of aliphatic hydroxyl groups is 3. The average Bonchev–Trinajstić information content (AvgIpc) is 3.47. The van der Waals surface area contributed by atoms with Crippen LogP contribution in [0.2, 0.25) is 0 Å². The number of phosphoric acid groups is 1. The van der Waals surface area contributed by atoms with Crippen molar-refractivity contribution < 1.29 is 62.2 Å². The molecule has 1 rings (SSSR count). The molecule has 13 nitrogen and oxygen atoms in total. The summed E-state index contributed by atoms with van der Waals surface area (Å²) in [6, 6.07) is 0. The fraction of sp³-hybridized carbons (Fsp3) is 0.688. The molecule has 1 saturated carbocycles. The second kappa shape index (κ2) is 34.4. The monoisotopic (exact) mass is 894 g/mol. The van der Waals surface area contributed by atoms with Gasteiger partial charge in [0.25, 0.3) is 7.82 Å². The summed E-state index contributed by atoms with van der Waals surface area (Å²) >= 11 is 0. The van der Waals surface area contributed by atoms with Crippen LogP contribution in [0.15, 0.2) is 72.9 Å². The molecule has 0 radical (unpaired) electrons. The molecular formula is C48H80NO12P. The van der Waals surface area contributed by atoms with Crippen LogP contribution >= 0.6 is 7.82 Å². The molecule has 0 aromatic rings. The first-order valence-corrected chi connectivity index (χ1v) is 24.3. The Bertz CT molecular complexity index is 1470. The van der Waals surface area contributed by atoms with Gasteiger partial charge in [0.05, 0.1) is 46.1 Å². The van der Waals surface area contributed by atoms with Crippen molar-refractivity contribution in [1.82, 2.24) is 0 Å². The van der Waals surface area contributed by atoms with E-state index in [1.54, 1.807) is 12.2 Å². The van der Waals surface area contributed by atoms with E-state index in [2.05, 4.69) is 62.5 Å². The Morgan fingerprint density at radius 1 is 0.758 bits per heavy atom. The summed E-state index contributed by atoms with van der Waals surface area (Å²) in [5.41, 5.74) is 0. The number of phosphoric ester groups is 1. The van der Waals surface area contributed by atoms with Crippen molar-refractivity contribution in [2.75, 3.05) is 47.5 Å². The lowest BCUT2D eigenvalue weighted by atomic mass is 9.87. The molecule has 0 saturated heterocycles. The van der Waals surface area contributed by atoms with Gasteiger partial charge in [0.2, 0.25) is 0 Å². The van der Waals surface area contributed by atoms with E-state index in [1.165, 1.54) is 0 Å². The molecule has 0 bridgehead atoms. The number of allylic oxidation sites excluding steroid dienone is 10. The zero-order valence-electron chi connectivity index (χ0n) is 38.4. The standard InChI is InChI=1S/C48H80NO12P/c1-6-8-10-11-12-13-14-15-16-17-18-19-20-21-22-23-25-30-47(54)58-38-42(39-60-62(56,57)59-35-34-49(3,4)5)61-48(55)31-27-26-29-41(51)36-44-43(45(52)37-46(44)53)33-32-40(50)28-24-9-7-2/h8,10,12-13,15-16,18-19,21-22,32-33,40,42-46,50,52-53H,6-7,9,11,14,17,20,23-31,34-39H2,1-5H3/b10-8-,13-12-,16-15-,19-18-,22-21-,33-32+/t40-,42+,43+,44+,45+,46-/m0/s1. The lowest BCUT2D eigenvalue weighted by molar-refractivity contribution is -0.870. The first kappa shape index (κ1) is 57.0. The lowest BCUT2D eigenvalue weighted by Crippen LogP contribution is -2.37. The summed E-state index contributed by atoms with van der Waals surface area (Å²) in [5.74, 6) is -2.24. The van der Waals surface area contributed by atoms with E-state index < -0.39 is 69.2 Å². The highest BCUT2D eigenvalue weighted by molar-refractivity contribution is 7.45. The molecular weight excluding hydrogens is 813 g/mol. The molecule has 1 fully saturated rings. The summed E-state index contributed by atoms with van der Waals surface area (Å²) < 4.78 is 33.7. The van der Waals surface area contributed by atoms with Crippen LogP contribution in [-0.4, -0.2) is 109 Å². The van der Waals surface area contributed by atoms with E-state index in [0.717, 1.165) is 51.4 Å². The highest BCUT2D eigenvalue weighted by Gasteiger charge is 2.41. The normalized spacial score (nSPS) is 20.7. The summed E-state index contributed by atoms with van der Waals surface area (Å²) in [5, 5.41) is 31.4. The molecule has 7 atom stereocenters. The summed E-state index contributed by atoms with van der Waals surface area (Å²) in [4.78, 5) is 50.7. The number of esters is 2. The molecule has 0 aliphatic heterocycles. The first-order valence-electron chi connectivity index (χ1n) is 22.8. The van der Waals surface area contributed by atoms with Crippen LogP contribution in [0.3, 0.4) is 0 Å². The highest BCUT2D eigenvalue weighted by atomic mass is 31.2. The number of unbranched alkanes of at least 4 members (excludes halogenated alkanes) is 4. The van der Waals surface area contributed by atoms with Crippen molar-refractivity contribution in [3.63, 3.8) is 0 Å².